The lowest BCUT2D eigenvalue weighted by atomic mass is 10.1. The van der Waals surface area contributed by atoms with Crippen LogP contribution in [-0.2, 0) is 6.42 Å². The summed E-state index contributed by atoms with van der Waals surface area (Å²) in [5.41, 5.74) is 2.93. The van der Waals surface area contributed by atoms with Gasteiger partial charge in [-0.3, -0.25) is 0 Å². The van der Waals surface area contributed by atoms with Crippen molar-refractivity contribution in [3.05, 3.63) is 35.3 Å². The van der Waals surface area contributed by atoms with Crippen molar-refractivity contribution in [3.8, 4) is 0 Å². The van der Waals surface area contributed by atoms with E-state index in [1.807, 2.05) is 6.92 Å². The molecule has 0 atom stereocenters. The zero-order chi connectivity index (χ0) is 10.1. The minimum Gasteiger partial charge on any atom is -0.396 e. The molecular formula is C11H12FNO. The van der Waals surface area contributed by atoms with E-state index in [0.717, 1.165) is 22.2 Å². The highest BCUT2D eigenvalue weighted by Gasteiger charge is 2.07. The number of halogens is 1. The first kappa shape index (κ1) is 9.21. The highest BCUT2D eigenvalue weighted by Crippen LogP contribution is 2.23. The molecule has 0 saturated heterocycles. The molecule has 0 fully saturated rings. The summed E-state index contributed by atoms with van der Waals surface area (Å²) in [6.45, 7) is 2.02. The van der Waals surface area contributed by atoms with Crippen molar-refractivity contribution < 1.29 is 9.50 Å². The van der Waals surface area contributed by atoms with Gasteiger partial charge in [-0.2, -0.15) is 0 Å². The van der Waals surface area contributed by atoms with Crippen LogP contribution in [0.5, 0.6) is 0 Å². The molecule has 2 N–H and O–H groups in total. The first-order valence-corrected chi connectivity index (χ1v) is 4.60. The van der Waals surface area contributed by atoms with Crippen LogP contribution >= 0.6 is 0 Å². The van der Waals surface area contributed by atoms with Crippen LogP contribution in [0.15, 0.2) is 18.2 Å². The lowest BCUT2D eigenvalue weighted by Crippen LogP contribution is -1.91. The number of aromatic amines is 1. The molecule has 14 heavy (non-hydrogen) atoms. The van der Waals surface area contributed by atoms with Gasteiger partial charge in [-0.1, -0.05) is 0 Å². The van der Waals surface area contributed by atoms with E-state index in [0.29, 0.717) is 6.42 Å². The summed E-state index contributed by atoms with van der Waals surface area (Å²) in [6.07, 6.45) is 0.565. The molecule has 1 aromatic heterocycles. The third-order valence-corrected chi connectivity index (χ3v) is 2.44. The van der Waals surface area contributed by atoms with E-state index in [1.165, 1.54) is 12.1 Å². The van der Waals surface area contributed by atoms with Gasteiger partial charge in [0.1, 0.15) is 5.82 Å². The minimum atomic E-state index is -0.240. The Morgan fingerprint density at radius 2 is 2.21 bits per heavy atom. The molecule has 0 bridgehead atoms. The molecule has 0 aliphatic heterocycles. The van der Waals surface area contributed by atoms with Gasteiger partial charge in [0.25, 0.3) is 0 Å². The quantitative estimate of drug-likeness (QED) is 0.753. The summed E-state index contributed by atoms with van der Waals surface area (Å²) in [4.78, 5) is 3.16. The Labute approximate surface area is 81.4 Å². The van der Waals surface area contributed by atoms with Crippen LogP contribution in [0.4, 0.5) is 4.39 Å². The molecule has 0 spiro atoms. The molecule has 0 saturated carbocycles. The van der Waals surface area contributed by atoms with Gasteiger partial charge in [0, 0.05) is 23.2 Å². The molecule has 3 heteroatoms. The largest absolute Gasteiger partial charge is 0.396 e. The molecule has 0 aliphatic carbocycles. The van der Waals surface area contributed by atoms with E-state index < -0.39 is 0 Å². The Kier molecular flexibility index (Phi) is 2.25. The van der Waals surface area contributed by atoms with E-state index in [2.05, 4.69) is 4.98 Å². The Morgan fingerprint density at radius 1 is 1.43 bits per heavy atom. The van der Waals surface area contributed by atoms with E-state index in [-0.39, 0.29) is 12.4 Å². The van der Waals surface area contributed by atoms with E-state index in [4.69, 9.17) is 5.11 Å². The fraction of sp³-hybridized carbons (Fsp3) is 0.273. The average molecular weight is 193 g/mol. The highest BCUT2D eigenvalue weighted by molar-refractivity contribution is 5.84. The Hall–Kier alpha value is -1.35. The lowest BCUT2D eigenvalue weighted by molar-refractivity contribution is 0.300. The maximum atomic E-state index is 13.0. The number of H-pyrrole nitrogens is 1. The molecule has 2 rings (SSSR count). The smallest absolute Gasteiger partial charge is 0.123 e. The van der Waals surface area contributed by atoms with E-state index in [1.54, 1.807) is 6.07 Å². The van der Waals surface area contributed by atoms with Gasteiger partial charge in [0.15, 0.2) is 0 Å². The van der Waals surface area contributed by atoms with Crippen molar-refractivity contribution in [2.45, 2.75) is 13.3 Å². The molecule has 2 nitrogen and oxygen atoms in total. The van der Waals surface area contributed by atoms with Gasteiger partial charge in [0.2, 0.25) is 0 Å². The summed E-state index contributed by atoms with van der Waals surface area (Å²) in [5.74, 6) is -0.240. The van der Waals surface area contributed by atoms with Crippen LogP contribution in [0.1, 0.15) is 11.3 Å². The SMILES string of the molecule is Cc1[nH]c2ccc(F)cc2c1CCO. The van der Waals surface area contributed by atoms with Crippen molar-refractivity contribution in [2.24, 2.45) is 0 Å². The van der Waals surface area contributed by atoms with Gasteiger partial charge < -0.3 is 10.1 Å². The Balaban J connectivity index is 2.66. The van der Waals surface area contributed by atoms with Gasteiger partial charge in [-0.25, -0.2) is 4.39 Å². The van der Waals surface area contributed by atoms with Gasteiger partial charge in [-0.15, -0.1) is 0 Å². The average Bonchev–Trinajstić information content (AvgIpc) is 2.45. The number of rotatable bonds is 2. The zero-order valence-corrected chi connectivity index (χ0v) is 7.97. The number of hydrogen-bond donors (Lipinski definition) is 2. The molecule has 74 valence electrons. The monoisotopic (exact) mass is 193 g/mol. The standard InChI is InChI=1S/C11H12FNO/c1-7-9(4-5-14)10-6-8(12)2-3-11(10)13-7/h2-3,6,13-14H,4-5H2,1H3. The van der Waals surface area contributed by atoms with Gasteiger partial charge in [-0.05, 0) is 37.1 Å². The maximum Gasteiger partial charge on any atom is 0.123 e. The van der Waals surface area contributed by atoms with E-state index in [9.17, 15) is 4.39 Å². The number of aliphatic hydroxyl groups is 1. The maximum absolute atomic E-state index is 13.0. The van der Waals surface area contributed by atoms with Crippen molar-refractivity contribution >= 4 is 10.9 Å². The number of nitrogens with one attached hydrogen (secondary N) is 1. The van der Waals surface area contributed by atoms with Crippen molar-refractivity contribution in [2.75, 3.05) is 6.61 Å². The Morgan fingerprint density at radius 3 is 2.93 bits per heavy atom. The second-order valence-electron chi connectivity index (χ2n) is 3.39. The fourth-order valence-corrected chi connectivity index (χ4v) is 1.79. The molecular weight excluding hydrogens is 181 g/mol. The number of aliphatic hydroxyl groups excluding tert-OH is 1. The third-order valence-electron chi connectivity index (χ3n) is 2.44. The number of aryl methyl sites for hydroxylation is 1. The summed E-state index contributed by atoms with van der Waals surface area (Å²) in [5, 5.41) is 9.76. The number of benzene rings is 1. The summed E-state index contributed by atoms with van der Waals surface area (Å²) in [7, 11) is 0. The van der Waals surface area contributed by atoms with Crippen molar-refractivity contribution in [3.63, 3.8) is 0 Å². The molecule has 0 radical (unpaired) electrons. The van der Waals surface area contributed by atoms with Crippen LogP contribution < -0.4 is 0 Å². The summed E-state index contributed by atoms with van der Waals surface area (Å²) < 4.78 is 13.0. The van der Waals surface area contributed by atoms with Crippen LogP contribution in [0.3, 0.4) is 0 Å². The summed E-state index contributed by atoms with van der Waals surface area (Å²) in [6, 6.07) is 4.66. The van der Waals surface area contributed by atoms with Crippen LogP contribution in [0.25, 0.3) is 10.9 Å². The summed E-state index contributed by atoms with van der Waals surface area (Å²) >= 11 is 0. The number of fused-ring (bicyclic) bond motifs is 1. The minimum absolute atomic E-state index is 0.0876. The van der Waals surface area contributed by atoms with Crippen molar-refractivity contribution in [1.82, 2.24) is 4.98 Å². The molecule has 0 unspecified atom stereocenters. The van der Waals surface area contributed by atoms with Crippen molar-refractivity contribution in [1.29, 1.82) is 0 Å². The van der Waals surface area contributed by atoms with Gasteiger partial charge in [0.05, 0.1) is 0 Å². The molecule has 1 heterocycles. The van der Waals surface area contributed by atoms with Gasteiger partial charge >= 0.3 is 0 Å². The molecule has 0 aliphatic rings. The molecule has 2 aromatic rings. The Bertz CT molecular complexity index is 462. The number of hydrogen-bond acceptors (Lipinski definition) is 1. The predicted molar refractivity (Wildman–Crippen MR) is 53.8 cm³/mol. The highest BCUT2D eigenvalue weighted by atomic mass is 19.1. The predicted octanol–water partition coefficient (Wildman–Crippen LogP) is 2.15. The lowest BCUT2D eigenvalue weighted by Gasteiger charge is -1.97. The normalized spacial score (nSPS) is 11.1. The van der Waals surface area contributed by atoms with Crippen LogP contribution in [0.2, 0.25) is 0 Å². The first-order valence-electron chi connectivity index (χ1n) is 4.60. The molecule has 0 amide bonds. The molecule has 1 aromatic carbocycles. The number of aromatic nitrogens is 1. The second-order valence-corrected chi connectivity index (χ2v) is 3.39. The zero-order valence-electron chi connectivity index (χ0n) is 7.97. The third kappa shape index (κ3) is 1.40. The van der Waals surface area contributed by atoms with Crippen LogP contribution in [0, 0.1) is 12.7 Å². The second kappa shape index (κ2) is 3.42. The first-order chi connectivity index (χ1) is 6.72. The fourth-order valence-electron chi connectivity index (χ4n) is 1.79. The topological polar surface area (TPSA) is 36.0 Å². The van der Waals surface area contributed by atoms with E-state index >= 15 is 0 Å². The van der Waals surface area contributed by atoms with Crippen LogP contribution in [-0.4, -0.2) is 16.7 Å².